The minimum Gasteiger partial charge on any atom is -0.497 e. The SMILES string of the molecule is COc1cccc(C(O)CNc2noc(-c3ccccc3)n2)c1. The summed E-state index contributed by atoms with van der Waals surface area (Å²) in [5.74, 6) is 1.47. The molecular formula is C17H17N3O3. The molecule has 0 saturated heterocycles. The molecule has 0 fully saturated rings. The fourth-order valence-electron chi connectivity index (χ4n) is 2.15. The van der Waals surface area contributed by atoms with Crippen molar-refractivity contribution in [2.24, 2.45) is 0 Å². The smallest absolute Gasteiger partial charge is 0.263 e. The van der Waals surface area contributed by atoms with Crippen molar-refractivity contribution in [1.29, 1.82) is 0 Å². The van der Waals surface area contributed by atoms with Crippen molar-refractivity contribution in [3.05, 3.63) is 60.2 Å². The van der Waals surface area contributed by atoms with Crippen molar-refractivity contribution in [3.63, 3.8) is 0 Å². The number of hydrogen-bond acceptors (Lipinski definition) is 6. The van der Waals surface area contributed by atoms with Gasteiger partial charge in [-0.2, -0.15) is 4.98 Å². The van der Waals surface area contributed by atoms with E-state index in [4.69, 9.17) is 9.26 Å². The molecule has 23 heavy (non-hydrogen) atoms. The second-order valence-corrected chi connectivity index (χ2v) is 4.96. The molecule has 0 aliphatic rings. The Hall–Kier alpha value is -2.86. The first-order valence-electron chi connectivity index (χ1n) is 7.21. The molecule has 2 N–H and O–H groups in total. The molecule has 1 atom stereocenters. The van der Waals surface area contributed by atoms with Crippen LogP contribution < -0.4 is 10.1 Å². The van der Waals surface area contributed by atoms with Crippen molar-refractivity contribution in [2.75, 3.05) is 19.0 Å². The van der Waals surface area contributed by atoms with Gasteiger partial charge in [0.2, 0.25) is 0 Å². The molecule has 0 aliphatic carbocycles. The molecule has 118 valence electrons. The second kappa shape index (κ2) is 6.93. The van der Waals surface area contributed by atoms with Gasteiger partial charge in [-0.15, -0.1) is 0 Å². The Morgan fingerprint density at radius 2 is 2.00 bits per heavy atom. The molecule has 0 saturated carbocycles. The fraction of sp³-hybridized carbons (Fsp3) is 0.176. The van der Waals surface area contributed by atoms with Gasteiger partial charge >= 0.3 is 0 Å². The predicted octanol–water partition coefficient (Wildman–Crippen LogP) is 2.89. The molecule has 1 heterocycles. The number of anilines is 1. The lowest BCUT2D eigenvalue weighted by Crippen LogP contribution is -2.13. The van der Waals surface area contributed by atoms with Crippen molar-refractivity contribution >= 4 is 5.95 Å². The summed E-state index contributed by atoms with van der Waals surface area (Å²) in [5, 5.41) is 17.0. The van der Waals surface area contributed by atoms with E-state index >= 15 is 0 Å². The van der Waals surface area contributed by atoms with E-state index in [-0.39, 0.29) is 6.54 Å². The Morgan fingerprint density at radius 1 is 1.17 bits per heavy atom. The van der Waals surface area contributed by atoms with E-state index in [0.29, 0.717) is 17.6 Å². The van der Waals surface area contributed by atoms with E-state index in [1.807, 2.05) is 48.5 Å². The molecule has 6 heteroatoms. The number of ether oxygens (including phenoxy) is 1. The average Bonchev–Trinajstić information content (AvgIpc) is 3.09. The molecular weight excluding hydrogens is 294 g/mol. The third-order valence-electron chi connectivity index (χ3n) is 3.38. The van der Waals surface area contributed by atoms with Crippen LogP contribution in [0.25, 0.3) is 11.5 Å². The fourth-order valence-corrected chi connectivity index (χ4v) is 2.15. The van der Waals surface area contributed by atoms with Crippen LogP contribution in [0.2, 0.25) is 0 Å². The summed E-state index contributed by atoms with van der Waals surface area (Å²) in [5.41, 5.74) is 1.60. The molecule has 0 amide bonds. The molecule has 6 nitrogen and oxygen atoms in total. The van der Waals surface area contributed by atoms with Crippen LogP contribution in [0.4, 0.5) is 5.95 Å². The van der Waals surface area contributed by atoms with Gasteiger partial charge in [0.1, 0.15) is 5.75 Å². The summed E-state index contributed by atoms with van der Waals surface area (Å²) in [4.78, 5) is 4.26. The number of hydrogen-bond donors (Lipinski definition) is 2. The van der Waals surface area contributed by atoms with E-state index in [0.717, 1.165) is 11.1 Å². The standard InChI is InChI=1S/C17H17N3O3/c1-22-14-9-5-8-13(10-14)15(21)11-18-17-19-16(23-20-17)12-6-3-2-4-7-12/h2-10,15,21H,11H2,1H3,(H,18,20). The van der Waals surface area contributed by atoms with E-state index in [1.165, 1.54) is 0 Å². The van der Waals surface area contributed by atoms with Gasteiger partial charge in [0.05, 0.1) is 13.2 Å². The number of aliphatic hydroxyl groups is 1. The van der Waals surface area contributed by atoms with Crippen LogP contribution >= 0.6 is 0 Å². The molecule has 0 spiro atoms. The summed E-state index contributed by atoms with van der Waals surface area (Å²) in [6.07, 6.45) is -0.705. The van der Waals surface area contributed by atoms with E-state index in [1.54, 1.807) is 13.2 Å². The molecule has 0 radical (unpaired) electrons. The number of nitrogens with zero attached hydrogens (tertiary/aromatic N) is 2. The zero-order chi connectivity index (χ0) is 16.1. The number of rotatable bonds is 6. The van der Waals surface area contributed by atoms with Crippen LogP contribution in [0.1, 0.15) is 11.7 Å². The van der Waals surface area contributed by atoms with Gasteiger partial charge in [0.25, 0.3) is 11.8 Å². The Labute approximate surface area is 133 Å². The molecule has 0 bridgehead atoms. The third-order valence-corrected chi connectivity index (χ3v) is 3.38. The van der Waals surface area contributed by atoms with Gasteiger partial charge in [0.15, 0.2) is 0 Å². The summed E-state index contributed by atoms with van der Waals surface area (Å²) >= 11 is 0. The molecule has 1 unspecified atom stereocenters. The topological polar surface area (TPSA) is 80.4 Å². The first-order chi connectivity index (χ1) is 11.3. The highest BCUT2D eigenvalue weighted by molar-refractivity contribution is 5.53. The van der Waals surface area contributed by atoms with Gasteiger partial charge in [-0.05, 0) is 35.0 Å². The molecule has 3 rings (SSSR count). The number of aliphatic hydroxyl groups excluding tert-OH is 1. The summed E-state index contributed by atoms with van der Waals surface area (Å²) in [6.45, 7) is 0.265. The number of aromatic nitrogens is 2. The van der Waals surface area contributed by atoms with Gasteiger partial charge in [-0.25, -0.2) is 0 Å². The predicted molar refractivity (Wildman–Crippen MR) is 86.2 cm³/mol. The second-order valence-electron chi connectivity index (χ2n) is 4.96. The largest absolute Gasteiger partial charge is 0.497 e. The maximum absolute atomic E-state index is 10.2. The Kier molecular flexibility index (Phi) is 4.54. The highest BCUT2D eigenvalue weighted by atomic mass is 16.5. The van der Waals surface area contributed by atoms with Gasteiger partial charge in [-0.1, -0.05) is 30.3 Å². The first-order valence-corrected chi connectivity index (χ1v) is 7.21. The Bertz CT molecular complexity index is 759. The van der Waals surface area contributed by atoms with Gasteiger partial charge in [-0.3, -0.25) is 0 Å². The van der Waals surface area contributed by atoms with E-state index in [9.17, 15) is 5.11 Å². The lowest BCUT2D eigenvalue weighted by Gasteiger charge is -2.12. The lowest BCUT2D eigenvalue weighted by atomic mass is 10.1. The van der Waals surface area contributed by atoms with Crippen LogP contribution in [-0.4, -0.2) is 28.9 Å². The number of methoxy groups -OCH3 is 1. The molecule has 0 aliphatic heterocycles. The number of benzene rings is 2. The minimum absolute atomic E-state index is 0.265. The molecule has 3 aromatic rings. The minimum atomic E-state index is -0.705. The van der Waals surface area contributed by atoms with Crippen LogP contribution in [-0.2, 0) is 0 Å². The van der Waals surface area contributed by atoms with Crippen molar-refractivity contribution < 1.29 is 14.4 Å². The third kappa shape index (κ3) is 3.67. The Balaban J connectivity index is 1.63. The van der Waals surface area contributed by atoms with Crippen LogP contribution in [0, 0.1) is 0 Å². The van der Waals surface area contributed by atoms with Crippen LogP contribution in [0.15, 0.2) is 59.1 Å². The molecule has 2 aromatic carbocycles. The monoisotopic (exact) mass is 311 g/mol. The average molecular weight is 311 g/mol. The van der Waals surface area contributed by atoms with Crippen molar-refractivity contribution in [3.8, 4) is 17.2 Å². The summed E-state index contributed by atoms with van der Waals surface area (Å²) < 4.78 is 10.3. The highest BCUT2D eigenvalue weighted by Gasteiger charge is 2.12. The molecule has 1 aromatic heterocycles. The van der Waals surface area contributed by atoms with Crippen molar-refractivity contribution in [2.45, 2.75) is 6.10 Å². The zero-order valence-corrected chi connectivity index (χ0v) is 12.6. The Morgan fingerprint density at radius 3 is 2.78 bits per heavy atom. The first kappa shape index (κ1) is 15.1. The van der Waals surface area contributed by atoms with Gasteiger partial charge in [0, 0.05) is 12.1 Å². The maximum atomic E-state index is 10.2. The van der Waals surface area contributed by atoms with Gasteiger partial charge < -0.3 is 19.7 Å². The normalized spacial score (nSPS) is 11.9. The van der Waals surface area contributed by atoms with Crippen molar-refractivity contribution in [1.82, 2.24) is 10.1 Å². The van der Waals surface area contributed by atoms with E-state index < -0.39 is 6.10 Å². The summed E-state index contributed by atoms with van der Waals surface area (Å²) in [7, 11) is 1.59. The van der Waals surface area contributed by atoms with Crippen LogP contribution in [0.3, 0.4) is 0 Å². The zero-order valence-electron chi connectivity index (χ0n) is 12.6. The maximum Gasteiger partial charge on any atom is 0.263 e. The lowest BCUT2D eigenvalue weighted by molar-refractivity contribution is 0.191. The summed E-state index contributed by atoms with van der Waals surface area (Å²) in [6, 6.07) is 16.8. The highest BCUT2D eigenvalue weighted by Crippen LogP contribution is 2.21. The van der Waals surface area contributed by atoms with E-state index in [2.05, 4.69) is 15.5 Å². The number of nitrogens with one attached hydrogen (secondary N) is 1. The van der Waals surface area contributed by atoms with Crippen LogP contribution in [0.5, 0.6) is 5.75 Å². The quantitative estimate of drug-likeness (QED) is 0.728.